The van der Waals surface area contributed by atoms with Crippen LogP contribution < -0.4 is 21.4 Å². The molecule has 0 aliphatic rings. The molecule has 0 saturated carbocycles. The molecule has 14 nitrogen and oxygen atoms in total. The number of rotatable bonds is 15. The van der Waals surface area contributed by atoms with Gasteiger partial charge in [-0.15, -0.1) is 0 Å². The van der Waals surface area contributed by atoms with Crippen LogP contribution in [0.15, 0.2) is 55.1 Å². The summed E-state index contributed by atoms with van der Waals surface area (Å²) < 4.78 is 0. The Balaban J connectivity index is 2.49. The van der Waals surface area contributed by atoms with Crippen LogP contribution in [-0.4, -0.2) is 113 Å². The fraction of sp³-hybridized carbons (Fsp3) is 0.471. The molecule has 2 aromatic carbocycles. The van der Waals surface area contributed by atoms with Crippen LogP contribution in [0.2, 0.25) is 0 Å². The predicted octanol–water partition coefficient (Wildman–Crippen LogP) is 2.08. The molecule has 0 bridgehead atoms. The molecule has 14 heteroatoms. The van der Waals surface area contributed by atoms with Gasteiger partial charge in [0.25, 0.3) is 5.91 Å². The molecule has 2 rings (SSSR count). The lowest BCUT2D eigenvalue weighted by atomic mass is 9.98. The SMILES string of the molecule is C=C(c1ccc(O)c(O)c1)N(CC(O)C(Cc1ccccc1)NC(=O)[C@@H](NC(=O)N(C)C)C(C)C)NC(=O)[C@@H](NC(=O)N(C)C)C(C)C. The number of hydrogen-bond acceptors (Lipinski definition) is 8. The molecule has 2 aromatic rings. The van der Waals surface area contributed by atoms with Crippen molar-refractivity contribution < 1.29 is 34.5 Å². The molecule has 2 unspecified atom stereocenters. The van der Waals surface area contributed by atoms with E-state index in [1.807, 2.05) is 30.3 Å². The normalized spacial score (nSPS) is 13.5. The van der Waals surface area contributed by atoms with E-state index < -0.39 is 53.9 Å². The lowest BCUT2D eigenvalue weighted by Gasteiger charge is -2.35. The smallest absolute Gasteiger partial charge is 0.317 e. The Morgan fingerprint density at radius 2 is 1.27 bits per heavy atom. The summed E-state index contributed by atoms with van der Waals surface area (Å²) in [7, 11) is 6.21. The molecule has 0 radical (unpaired) electrons. The molecule has 264 valence electrons. The molecule has 0 heterocycles. The fourth-order valence-corrected chi connectivity index (χ4v) is 4.62. The zero-order valence-corrected chi connectivity index (χ0v) is 29.0. The van der Waals surface area contributed by atoms with Crippen molar-refractivity contribution >= 4 is 29.6 Å². The lowest BCUT2D eigenvalue weighted by molar-refractivity contribution is -0.129. The van der Waals surface area contributed by atoms with Gasteiger partial charge in [-0.1, -0.05) is 64.6 Å². The number of aromatic hydroxyl groups is 2. The Hall–Kier alpha value is -4.98. The number of nitrogens with zero attached hydrogens (tertiary/aromatic N) is 3. The first-order valence-electron chi connectivity index (χ1n) is 15.7. The Morgan fingerprint density at radius 1 is 0.750 bits per heavy atom. The summed E-state index contributed by atoms with van der Waals surface area (Å²) in [5.41, 5.74) is 4.00. The van der Waals surface area contributed by atoms with E-state index >= 15 is 0 Å². The second kappa shape index (κ2) is 17.8. The number of phenolic OH excluding ortho intramolecular Hbond substituents is 2. The topological polar surface area (TPSA) is 187 Å². The highest BCUT2D eigenvalue weighted by Gasteiger charge is 2.32. The molecule has 0 aromatic heterocycles. The van der Waals surface area contributed by atoms with Gasteiger partial charge in [0.1, 0.15) is 12.1 Å². The van der Waals surface area contributed by atoms with Crippen molar-refractivity contribution in [2.45, 2.75) is 58.3 Å². The van der Waals surface area contributed by atoms with E-state index in [9.17, 15) is 34.5 Å². The highest BCUT2D eigenvalue weighted by atomic mass is 16.3. The minimum absolute atomic E-state index is 0.141. The van der Waals surface area contributed by atoms with Gasteiger partial charge in [0.05, 0.1) is 24.4 Å². The Bertz CT molecular complexity index is 1420. The third-order valence-electron chi connectivity index (χ3n) is 7.61. The number of aliphatic hydroxyl groups excluding tert-OH is 1. The van der Waals surface area contributed by atoms with Gasteiger partial charge in [-0.05, 0) is 42.0 Å². The van der Waals surface area contributed by atoms with Gasteiger partial charge < -0.3 is 41.1 Å². The van der Waals surface area contributed by atoms with Crippen molar-refractivity contribution in [1.82, 2.24) is 36.2 Å². The number of amides is 6. The molecular formula is C34H51N7O7. The van der Waals surface area contributed by atoms with Gasteiger partial charge >= 0.3 is 12.1 Å². The molecule has 0 aliphatic heterocycles. The van der Waals surface area contributed by atoms with Crippen molar-refractivity contribution in [3.8, 4) is 11.5 Å². The summed E-state index contributed by atoms with van der Waals surface area (Å²) >= 11 is 0. The third-order valence-corrected chi connectivity index (χ3v) is 7.61. The number of urea groups is 2. The quantitative estimate of drug-likeness (QED) is 0.111. The third kappa shape index (κ3) is 11.4. The monoisotopic (exact) mass is 669 g/mol. The highest BCUT2D eigenvalue weighted by molar-refractivity contribution is 5.88. The maximum absolute atomic E-state index is 13.6. The van der Waals surface area contributed by atoms with Crippen molar-refractivity contribution in [3.63, 3.8) is 0 Å². The summed E-state index contributed by atoms with van der Waals surface area (Å²) in [6.07, 6.45) is -1.13. The molecule has 0 fully saturated rings. The van der Waals surface area contributed by atoms with Crippen LogP contribution in [0.3, 0.4) is 0 Å². The molecule has 4 atom stereocenters. The zero-order valence-electron chi connectivity index (χ0n) is 29.0. The van der Waals surface area contributed by atoms with Crippen LogP contribution in [0.1, 0.15) is 38.8 Å². The van der Waals surface area contributed by atoms with Crippen LogP contribution in [0.5, 0.6) is 11.5 Å². The first-order valence-corrected chi connectivity index (χ1v) is 15.7. The fourth-order valence-electron chi connectivity index (χ4n) is 4.62. The van der Waals surface area contributed by atoms with Gasteiger partial charge in [0.15, 0.2) is 11.5 Å². The molecule has 48 heavy (non-hydrogen) atoms. The second-order valence-corrected chi connectivity index (χ2v) is 12.7. The van der Waals surface area contributed by atoms with E-state index in [0.717, 1.165) is 5.56 Å². The van der Waals surface area contributed by atoms with Crippen LogP contribution >= 0.6 is 0 Å². The van der Waals surface area contributed by atoms with Gasteiger partial charge in [-0.25, -0.2) is 9.59 Å². The first-order chi connectivity index (χ1) is 22.4. The first kappa shape index (κ1) is 39.2. The largest absolute Gasteiger partial charge is 0.504 e. The number of carbonyl (C=O) groups excluding carboxylic acids is 4. The maximum Gasteiger partial charge on any atom is 0.317 e. The van der Waals surface area contributed by atoms with Gasteiger partial charge in [0, 0.05) is 33.8 Å². The lowest BCUT2D eigenvalue weighted by Crippen LogP contribution is -2.59. The summed E-state index contributed by atoms with van der Waals surface area (Å²) in [5, 5.41) is 41.4. The summed E-state index contributed by atoms with van der Waals surface area (Å²) in [6.45, 7) is 10.9. The predicted molar refractivity (Wildman–Crippen MR) is 183 cm³/mol. The van der Waals surface area contributed by atoms with E-state index in [-0.39, 0.29) is 36.2 Å². The highest BCUT2D eigenvalue weighted by Crippen LogP contribution is 2.29. The van der Waals surface area contributed by atoms with Crippen molar-refractivity contribution in [2.75, 3.05) is 34.7 Å². The van der Waals surface area contributed by atoms with E-state index in [4.69, 9.17) is 0 Å². The standard InChI is InChI=1S/C34H51N7O7/c1-20(2)29(36-33(47)39(6)7)31(45)35-25(17-23-13-11-10-12-14-23)28(44)19-41(22(5)24-15-16-26(42)27(43)18-24)38-32(46)30(21(3)4)37-34(48)40(8)9/h10-16,18,20-21,25,28-30,42-44H,5,17,19H2,1-4,6-9H3,(H,35,45)(H,36,47)(H,37,48)(H,38,46)/t25?,28?,29-,30-/m0/s1. The second-order valence-electron chi connectivity index (χ2n) is 12.7. The van der Waals surface area contributed by atoms with Gasteiger partial charge in [-0.2, -0.15) is 0 Å². The molecule has 0 aliphatic carbocycles. The number of carbonyl (C=O) groups is 4. The van der Waals surface area contributed by atoms with E-state index in [0.29, 0.717) is 5.56 Å². The van der Waals surface area contributed by atoms with Gasteiger partial charge in [0.2, 0.25) is 5.91 Å². The van der Waals surface area contributed by atoms with E-state index in [1.165, 1.54) is 33.0 Å². The molecule has 6 amide bonds. The van der Waals surface area contributed by atoms with Crippen molar-refractivity contribution in [3.05, 3.63) is 66.2 Å². The van der Waals surface area contributed by atoms with Crippen LogP contribution in [0, 0.1) is 11.8 Å². The van der Waals surface area contributed by atoms with Crippen molar-refractivity contribution in [2.24, 2.45) is 11.8 Å². The minimum atomic E-state index is -1.33. The Labute approximate surface area is 282 Å². The minimum Gasteiger partial charge on any atom is -0.504 e. The van der Waals surface area contributed by atoms with Crippen LogP contribution in [0.25, 0.3) is 5.70 Å². The number of hydrazine groups is 1. The number of aliphatic hydroxyl groups is 1. The summed E-state index contributed by atoms with van der Waals surface area (Å²) in [6, 6.07) is 9.43. The maximum atomic E-state index is 13.6. The van der Waals surface area contributed by atoms with Crippen LogP contribution in [0.4, 0.5) is 9.59 Å². The Kier molecular flexibility index (Phi) is 14.5. The van der Waals surface area contributed by atoms with E-state index in [1.54, 1.807) is 55.9 Å². The van der Waals surface area contributed by atoms with Gasteiger partial charge in [-0.3, -0.25) is 20.0 Å². The number of hydrogen-bond donors (Lipinski definition) is 7. The number of benzene rings is 2. The Morgan fingerprint density at radius 3 is 1.75 bits per heavy atom. The molecule has 7 N–H and O–H groups in total. The molecule has 0 saturated heterocycles. The number of phenols is 2. The van der Waals surface area contributed by atoms with E-state index in [2.05, 4.69) is 28.0 Å². The summed E-state index contributed by atoms with van der Waals surface area (Å²) in [5.74, 6) is -2.52. The summed E-state index contributed by atoms with van der Waals surface area (Å²) in [4.78, 5) is 54.8. The average Bonchev–Trinajstić information content (AvgIpc) is 3.02. The molecule has 0 spiro atoms. The molecular weight excluding hydrogens is 618 g/mol. The van der Waals surface area contributed by atoms with Crippen LogP contribution in [-0.2, 0) is 16.0 Å². The number of nitrogens with one attached hydrogen (secondary N) is 4. The zero-order chi connectivity index (χ0) is 36.3. The average molecular weight is 670 g/mol. The van der Waals surface area contributed by atoms with Crippen molar-refractivity contribution in [1.29, 1.82) is 0 Å².